The molecule has 0 amide bonds. The van der Waals surface area contributed by atoms with Crippen molar-refractivity contribution in [1.82, 2.24) is 9.97 Å². The molecule has 0 aliphatic heterocycles. The zero-order chi connectivity index (χ0) is 33.0. The molecule has 50 heavy (non-hydrogen) atoms. The monoisotopic (exact) mass is 634 g/mol. The molecule has 0 atom stereocenters. The van der Waals surface area contributed by atoms with E-state index in [2.05, 4.69) is 182 Å². The van der Waals surface area contributed by atoms with Crippen LogP contribution < -0.4 is 0 Å². The average Bonchev–Trinajstić information content (AvgIpc) is 3.20. The van der Waals surface area contributed by atoms with Gasteiger partial charge in [0.2, 0.25) is 0 Å². The van der Waals surface area contributed by atoms with Crippen LogP contribution in [0, 0.1) is 0 Å². The van der Waals surface area contributed by atoms with E-state index < -0.39 is 0 Å². The number of pyridine rings is 2. The van der Waals surface area contributed by atoms with Gasteiger partial charge in [-0.25, -0.2) is 9.97 Å². The number of rotatable bonds is 4. The van der Waals surface area contributed by atoms with Crippen LogP contribution in [0.3, 0.4) is 0 Å². The van der Waals surface area contributed by atoms with Gasteiger partial charge in [-0.05, 0) is 102 Å². The first-order valence-corrected chi connectivity index (χ1v) is 17.1. The minimum Gasteiger partial charge on any atom is -0.246 e. The molecule has 0 bridgehead atoms. The van der Waals surface area contributed by atoms with E-state index in [9.17, 15) is 0 Å². The average molecular weight is 635 g/mol. The molecule has 0 unspecified atom stereocenters. The van der Waals surface area contributed by atoms with E-state index in [4.69, 9.17) is 9.97 Å². The first kappa shape index (κ1) is 28.4. The van der Waals surface area contributed by atoms with E-state index in [0.717, 1.165) is 33.5 Å². The van der Waals surface area contributed by atoms with E-state index in [-0.39, 0.29) is 0 Å². The highest BCUT2D eigenvalue weighted by Crippen LogP contribution is 2.37. The van der Waals surface area contributed by atoms with Gasteiger partial charge in [0, 0.05) is 11.1 Å². The van der Waals surface area contributed by atoms with Gasteiger partial charge in [0.15, 0.2) is 0 Å². The lowest BCUT2D eigenvalue weighted by atomic mass is 9.93. The van der Waals surface area contributed by atoms with Crippen molar-refractivity contribution >= 4 is 54.1 Å². The van der Waals surface area contributed by atoms with E-state index in [1.807, 2.05) is 0 Å². The highest BCUT2D eigenvalue weighted by atomic mass is 14.8. The zero-order valence-corrected chi connectivity index (χ0v) is 27.2. The first-order valence-electron chi connectivity index (χ1n) is 17.1. The van der Waals surface area contributed by atoms with Crippen LogP contribution in [0.2, 0.25) is 0 Å². The standard InChI is InChI=1S/C48H30N2/c1-3-11-37-35(9-1)29-43(41-15-7-5-13-39(37)41)31-17-21-33(22-18-31)45-25-27-48-47(49-45)28-26-46(50-48)34-23-19-32(20-24-34)44-30-36-10-2-4-12-38(36)40-14-6-8-16-42(40)44/h1-30H. The Morgan fingerprint density at radius 2 is 0.600 bits per heavy atom. The Morgan fingerprint density at radius 3 is 1.02 bits per heavy atom. The molecule has 0 radical (unpaired) electrons. The molecule has 10 rings (SSSR count). The van der Waals surface area contributed by atoms with Crippen molar-refractivity contribution < 1.29 is 0 Å². The number of fused-ring (bicyclic) bond motifs is 7. The smallest absolute Gasteiger partial charge is 0.0894 e. The topological polar surface area (TPSA) is 25.8 Å². The largest absolute Gasteiger partial charge is 0.246 e. The summed E-state index contributed by atoms with van der Waals surface area (Å²) >= 11 is 0. The Labute approximate surface area is 290 Å². The van der Waals surface area contributed by atoms with Gasteiger partial charge in [0.1, 0.15) is 0 Å². The van der Waals surface area contributed by atoms with Crippen LogP contribution in [0.15, 0.2) is 182 Å². The number of hydrogen-bond acceptors (Lipinski definition) is 2. The fourth-order valence-corrected chi connectivity index (χ4v) is 7.56. The highest BCUT2D eigenvalue weighted by molar-refractivity contribution is 6.15. The van der Waals surface area contributed by atoms with Gasteiger partial charge in [-0.3, -0.25) is 0 Å². The molecular weight excluding hydrogens is 605 g/mol. The Bertz CT molecular complexity index is 2700. The fourth-order valence-electron chi connectivity index (χ4n) is 7.56. The Morgan fingerprint density at radius 1 is 0.260 bits per heavy atom. The van der Waals surface area contributed by atoms with Crippen molar-refractivity contribution in [3.63, 3.8) is 0 Å². The van der Waals surface area contributed by atoms with E-state index in [0.29, 0.717) is 0 Å². The lowest BCUT2D eigenvalue weighted by Crippen LogP contribution is -1.91. The molecule has 2 heterocycles. The summed E-state index contributed by atoms with van der Waals surface area (Å²) in [6.07, 6.45) is 0. The van der Waals surface area contributed by atoms with Crippen LogP contribution in [-0.4, -0.2) is 9.97 Å². The lowest BCUT2D eigenvalue weighted by molar-refractivity contribution is 1.33. The Kier molecular flexibility index (Phi) is 6.53. The third-order valence-electron chi connectivity index (χ3n) is 10.1. The van der Waals surface area contributed by atoms with Crippen LogP contribution in [0.25, 0.3) is 98.9 Å². The minimum absolute atomic E-state index is 0.884. The SMILES string of the molecule is c1ccc2c(c1)cc(-c1ccc(-c3ccc4nc(-c5ccc(-c6cc7ccccc7c7ccccc67)cc5)ccc4n3)cc1)c1ccccc12. The van der Waals surface area contributed by atoms with Crippen molar-refractivity contribution in [2.45, 2.75) is 0 Å². The van der Waals surface area contributed by atoms with Crippen LogP contribution in [0.4, 0.5) is 0 Å². The number of benzene rings is 8. The summed E-state index contributed by atoms with van der Waals surface area (Å²) in [4.78, 5) is 10.0. The van der Waals surface area contributed by atoms with E-state index in [1.54, 1.807) is 0 Å². The molecule has 0 aliphatic rings. The summed E-state index contributed by atoms with van der Waals surface area (Å²) in [7, 11) is 0. The molecule has 2 heteroatoms. The number of nitrogens with zero attached hydrogens (tertiary/aromatic N) is 2. The van der Waals surface area contributed by atoms with Crippen molar-refractivity contribution in [2.75, 3.05) is 0 Å². The minimum atomic E-state index is 0.884. The Hall–Kier alpha value is -6.64. The van der Waals surface area contributed by atoms with Crippen LogP contribution in [-0.2, 0) is 0 Å². The van der Waals surface area contributed by atoms with E-state index >= 15 is 0 Å². The van der Waals surface area contributed by atoms with Gasteiger partial charge in [-0.2, -0.15) is 0 Å². The fraction of sp³-hybridized carbons (Fsp3) is 0. The summed E-state index contributed by atoms with van der Waals surface area (Å²) < 4.78 is 0. The molecule has 0 aliphatic carbocycles. The summed E-state index contributed by atoms with van der Waals surface area (Å²) in [5.41, 5.74) is 10.7. The highest BCUT2D eigenvalue weighted by Gasteiger charge is 2.12. The molecule has 2 nitrogen and oxygen atoms in total. The van der Waals surface area contributed by atoms with Gasteiger partial charge >= 0.3 is 0 Å². The van der Waals surface area contributed by atoms with E-state index in [1.165, 1.54) is 65.3 Å². The molecule has 8 aromatic carbocycles. The molecule has 2 aromatic heterocycles. The van der Waals surface area contributed by atoms with Crippen molar-refractivity contribution in [2.24, 2.45) is 0 Å². The molecule has 0 spiro atoms. The second kappa shape index (κ2) is 11.5. The summed E-state index contributed by atoms with van der Waals surface area (Å²) in [6.45, 7) is 0. The second-order valence-electron chi connectivity index (χ2n) is 13.0. The third kappa shape index (κ3) is 4.73. The van der Waals surface area contributed by atoms with Crippen LogP contribution in [0.1, 0.15) is 0 Å². The van der Waals surface area contributed by atoms with Crippen molar-refractivity contribution in [1.29, 1.82) is 0 Å². The number of aromatic nitrogens is 2. The molecule has 0 saturated carbocycles. The molecule has 0 fully saturated rings. The molecule has 10 aromatic rings. The predicted octanol–water partition coefficient (Wildman–Crippen LogP) is 12.9. The van der Waals surface area contributed by atoms with Crippen LogP contribution in [0.5, 0.6) is 0 Å². The van der Waals surface area contributed by atoms with Gasteiger partial charge < -0.3 is 0 Å². The quantitative estimate of drug-likeness (QED) is 0.180. The summed E-state index contributed by atoms with van der Waals surface area (Å²) in [5, 5.41) is 10.2. The number of hydrogen-bond donors (Lipinski definition) is 0. The maximum Gasteiger partial charge on any atom is 0.0894 e. The van der Waals surface area contributed by atoms with Crippen LogP contribution >= 0.6 is 0 Å². The molecular formula is C48H30N2. The third-order valence-corrected chi connectivity index (χ3v) is 10.1. The normalized spacial score (nSPS) is 11.6. The summed E-state index contributed by atoms with van der Waals surface area (Å²) in [5.74, 6) is 0. The van der Waals surface area contributed by atoms with Crippen molar-refractivity contribution in [3.05, 3.63) is 182 Å². The van der Waals surface area contributed by atoms with Gasteiger partial charge in [-0.15, -0.1) is 0 Å². The Balaban J connectivity index is 0.951. The summed E-state index contributed by atoms with van der Waals surface area (Å²) in [6, 6.07) is 65.1. The maximum atomic E-state index is 5.02. The molecule has 0 saturated heterocycles. The molecule has 0 N–H and O–H groups in total. The van der Waals surface area contributed by atoms with Crippen molar-refractivity contribution in [3.8, 4) is 44.8 Å². The van der Waals surface area contributed by atoms with Gasteiger partial charge in [0.05, 0.1) is 22.4 Å². The maximum absolute atomic E-state index is 5.02. The predicted molar refractivity (Wildman–Crippen MR) is 211 cm³/mol. The second-order valence-corrected chi connectivity index (χ2v) is 13.0. The zero-order valence-electron chi connectivity index (χ0n) is 27.2. The first-order chi connectivity index (χ1) is 24.8. The van der Waals surface area contributed by atoms with Gasteiger partial charge in [-0.1, -0.05) is 146 Å². The lowest BCUT2D eigenvalue weighted by Gasteiger charge is -2.12. The van der Waals surface area contributed by atoms with Gasteiger partial charge in [0.25, 0.3) is 0 Å². The molecule has 232 valence electrons.